The minimum absolute atomic E-state index is 0.713. The SMILES string of the molecule is NCC=CC1CCC2CCCCC2C1. The zero-order chi connectivity index (χ0) is 9.80. The van der Waals surface area contributed by atoms with Gasteiger partial charge in [-0.15, -0.1) is 0 Å². The Bertz CT molecular complexity index is 197. The Balaban J connectivity index is 1.86. The zero-order valence-electron chi connectivity index (χ0n) is 9.12. The van der Waals surface area contributed by atoms with Crippen LogP contribution in [0.3, 0.4) is 0 Å². The van der Waals surface area contributed by atoms with Gasteiger partial charge >= 0.3 is 0 Å². The first-order valence-corrected chi connectivity index (χ1v) is 6.27. The second kappa shape index (κ2) is 4.97. The van der Waals surface area contributed by atoms with Crippen molar-refractivity contribution in [1.82, 2.24) is 0 Å². The van der Waals surface area contributed by atoms with Crippen molar-refractivity contribution in [2.24, 2.45) is 23.5 Å². The number of nitrogens with two attached hydrogens (primary N) is 1. The molecule has 2 rings (SSSR count). The fourth-order valence-electron chi connectivity index (χ4n) is 3.36. The van der Waals surface area contributed by atoms with E-state index < -0.39 is 0 Å². The van der Waals surface area contributed by atoms with E-state index in [1.54, 1.807) is 0 Å². The first-order valence-electron chi connectivity index (χ1n) is 6.27. The molecule has 0 bridgehead atoms. The average molecular weight is 193 g/mol. The molecule has 0 heterocycles. The summed E-state index contributed by atoms with van der Waals surface area (Å²) in [6, 6.07) is 0. The molecule has 3 atom stereocenters. The largest absolute Gasteiger partial charge is 0.327 e. The smallest absolute Gasteiger partial charge is 0.0106 e. The van der Waals surface area contributed by atoms with E-state index in [0.29, 0.717) is 6.54 Å². The molecule has 2 aliphatic carbocycles. The summed E-state index contributed by atoms with van der Waals surface area (Å²) in [7, 11) is 0. The van der Waals surface area contributed by atoms with Crippen LogP contribution in [-0.2, 0) is 0 Å². The summed E-state index contributed by atoms with van der Waals surface area (Å²) >= 11 is 0. The van der Waals surface area contributed by atoms with Crippen molar-refractivity contribution in [2.45, 2.75) is 44.9 Å². The van der Waals surface area contributed by atoms with Crippen LogP contribution in [0.15, 0.2) is 12.2 Å². The number of fused-ring (bicyclic) bond motifs is 1. The Kier molecular flexibility index (Phi) is 3.63. The van der Waals surface area contributed by atoms with E-state index in [4.69, 9.17) is 5.73 Å². The molecule has 0 radical (unpaired) electrons. The molecule has 0 aliphatic heterocycles. The Morgan fingerprint density at radius 3 is 2.57 bits per heavy atom. The molecule has 0 amide bonds. The predicted octanol–water partition coefficient (Wildman–Crippen LogP) is 3.11. The summed E-state index contributed by atoms with van der Waals surface area (Å²) in [5, 5.41) is 0. The Morgan fingerprint density at radius 2 is 1.79 bits per heavy atom. The quantitative estimate of drug-likeness (QED) is 0.670. The maximum atomic E-state index is 5.49. The van der Waals surface area contributed by atoms with Gasteiger partial charge in [-0.25, -0.2) is 0 Å². The van der Waals surface area contributed by atoms with Crippen LogP contribution in [0.2, 0.25) is 0 Å². The van der Waals surface area contributed by atoms with Gasteiger partial charge in [-0.05, 0) is 37.0 Å². The zero-order valence-corrected chi connectivity index (χ0v) is 9.12. The second-order valence-electron chi connectivity index (χ2n) is 5.04. The molecule has 0 aromatic carbocycles. The summed E-state index contributed by atoms with van der Waals surface area (Å²) in [5.41, 5.74) is 5.49. The first-order chi connectivity index (χ1) is 6.90. The molecule has 1 heteroatoms. The van der Waals surface area contributed by atoms with E-state index in [-0.39, 0.29) is 0 Å². The van der Waals surface area contributed by atoms with Crippen LogP contribution in [0.4, 0.5) is 0 Å². The predicted molar refractivity (Wildman–Crippen MR) is 61.0 cm³/mol. The number of hydrogen-bond donors (Lipinski definition) is 1. The molecule has 0 aromatic heterocycles. The lowest BCUT2D eigenvalue weighted by Gasteiger charge is -2.38. The van der Waals surface area contributed by atoms with Gasteiger partial charge in [0, 0.05) is 6.54 Å². The average Bonchev–Trinajstić information content (AvgIpc) is 2.26. The van der Waals surface area contributed by atoms with E-state index in [9.17, 15) is 0 Å². The fourth-order valence-corrected chi connectivity index (χ4v) is 3.36. The summed E-state index contributed by atoms with van der Waals surface area (Å²) in [5.74, 6) is 2.97. The molecule has 2 N–H and O–H groups in total. The van der Waals surface area contributed by atoms with Gasteiger partial charge in [0.25, 0.3) is 0 Å². The lowest BCUT2D eigenvalue weighted by Crippen LogP contribution is -2.27. The normalized spacial score (nSPS) is 38.5. The summed E-state index contributed by atoms with van der Waals surface area (Å²) in [6.45, 7) is 0.713. The molecule has 14 heavy (non-hydrogen) atoms. The fraction of sp³-hybridized carbons (Fsp3) is 0.846. The highest BCUT2D eigenvalue weighted by Gasteiger charge is 2.30. The molecule has 2 fully saturated rings. The van der Waals surface area contributed by atoms with Gasteiger partial charge in [0.05, 0.1) is 0 Å². The van der Waals surface area contributed by atoms with E-state index in [1.165, 1.54) is 44.9 Å². The Morgan fingerprint density at radius 1 is 1.00 bits per heavy atom. The third-order valence-corrected chi connectivity index (χ3v) is 4.12. The topological polar surface area (TPSA) is 26.0 Å². The molecule has 0 aromatic rings. The van der Waals surface area contributed by atoms with Crippen molar-refractivity contribution < 1.29 is 0 Å². The van der Waals surface area contributed by atoms with Gasteiger partial charge in [0.1, 0.15) is 0 Å². The maximum Gasteiger partial charge on any atom is 0.0106 e. The van der Waals surface area contributed by atoms with Crippen LogP contribution < -0.4 is 5.73 Å². The third kappa shape index (κ3) is 2.38. The van der Waals surface area contributed by atoms with Crippen LogP contribution in [0.25, 0.3) is 0 Å². The lowest BCUT2D eigenvalue weighted by molar-refractivity contribution is 0.147. The summed E-state index contributed by atoms with van der Waals surface area (Å²) < 4.78 is 0. The van der Waals surface area contributed by atoms with Crippen LogP contribution in [-0.4, -0.2) is 6.54 Å². The molecular weight excluding hydrogens is 170 g/mol. The lowest BCUT2D eigenvalue weighted by atomic mass is 9.67. The van der Waals surface area contributed by atoms with Gasteiger partial charge in [-0.2, -0.15) is 0 Å². The minimum atomic E-state index is 0.713. The van der Waals surface area contributed by atoms with Crippen LogP contribution >= 0.6 is 0 Å². The van der Waals surface area contributed by atoms with Crippen LogP contribution in [0.5, 0.6) is 0 Å². The molecule has 0 saturated heterocycles. The van der Waals surface area contributed by atoms with Gasteiger partial charge in [0.15, 0.2) is 0 Å². The van der Waals surface area contributed by atoms with Crippen molar-refractivity contribution in [3.05, 3.63) is 12.2 Å². The molecule has 0 spiro atoms. The van der Waals surface area contributed by atoms with E-state index in [2.05, 4.69) is 12.2 Å². The monoisotopic (exact) mass is 193 g/mol. The van der Waals surface area contributed by atoms with Crippen molar-refractivity contribution in [3.8, 4) is 0 Å². The number of rotatable bonds is 2. The minimum Gasteiger partial charge on any atom is -0.327 e. The van der Waals surface area contributed by atoms with Gasteiger partial charge in [-0.3, -0.25) is 0 Å². The Hall–Kier alpha value is -0.300. The van der Waals surface area contributed by atoms with E-state index in [0.717, 1.165) is 17.8 Å². The molecule has 3 unspecified atom stereocenters. The van der Waals surface area contributed by atoms with Crippen molar-refractivity contribution in [3.63, 3.8) is 0 Å². The first kappa shape index (κ1) is 10.2. The molecule has 1 nitrogen and oxygen atoms in total. The maximum absolute atomic E-state index is 5.49. The number of allylic oxidation sites excluding steroid dienone is 1. The van der Waals surface area contributed by atoms with Crippen molar-refractivity contribution in [2.75, 3.05) is 6.54 Å². The van der Waals surface area contributed by atoms with Gasteiger partial charge in [0.2, 0.25) is 0 Å². The van der Waals surface area contributed by atoms with Gasteiger partial charge < -0.3 is 5.73 Å². The third-order valence-electron chi connectivity index (χ3n) is 4.12. The highest BCUT2D eigenvalue weighted by atomic mass is 14.5. The standard InChI is InChI=1S/C13H23N/c14-9-3-4-11-7-8-12-5-1-2-6-13(12)10-11/h3-4,11-13H,1-2,5-10,14H2. The highest BCUT2D eigenvalue weighted by molar-refractivity contribution is 4.94. The molecule has 2 aliphatic rings. The van der Waals surface area contributed by atoms with Crippen molar-refractivity contribution >= 4 is 0 Å². The van der Waals surface area contributed by atoms with E-state index >= 15 is 0 Å². The second-order valence-corrected chi connectivity index (χ2v) is 5.04. The van der Waals surface area contributed by atoms with Gasteiger partial charge in [-0.1, -0.05) is 37.8 Å². The molecule has 2 saturated carbocycles. The number of hydrogen-bond acceptors (Lipinski definition) is 1. The highest BCUT2D eigenvalue weighted by Crippen LogP contribution is 2.42. The Labute approximate surface area is 87.8 Å². The molecule has 80 valence electrons. The van der Waals surface area contributed by atoms with Crippen molar-refractivity contribution in [1.29, 1.82) is 0 Å². The van der Waals surface area contributed by atoms with E-state index in [1.807, 2.05) is 0 Å². The summed E-state index contributed by atoms with van der Waals surface area (Å²) in [6.07, 6.45) is 14.8. The molecular formula is C13H23N. The van der Waals surface area contributed by atoms with Crippen LogP contribution in [0.1, 0.15) is 44.9 Å². The summed E-state index contributed by atoms with van der Waals surface area (Å²) in [4.78, 5) is 0. The van der Waals surface area contributed by atoms with Crippen LogP contribution in [0, 0.1) is 17.8 Å².